The summed E-state index contributed by atoms with van der Waals surface area (Å²) in [5.41, 5.74) is 0.734. The lowest BCUT2D eigenvalue weighted by Crippen LogP contribution is -2.41. The zero-order valence-electron chi connectivity index (χ0n) is 12.6. The van der Waals surface area contributed by atoms with Gasteiger partial charge in [0.25, 0.3) is 5.91 Å². The molecular formula is C17H20ClNO3. The topological polar surface area (TPSA) is 46.6 Å². The standard InChI is InChI=1S/C17H20ClNO3/c1-13-5-4-10-19(11-13)16(20)12-22-17(21)9-8-14-6-2-3-7-15(14)18/h2-3,6-9,13H,4-5,10-12H2,1H3/b9-8+/t13-/m1/s1. The first kappa shape index (κ1) is 16.6. The summed E-state index contributed by atoms with van der Waals surface area (Å²) in [4.78, 5) is 25.4. The van der Waals surface area contributed by atoms with Gasteiger partial charge in [-0.1, -0.05) is 36.7 Å². The molecule has 0 unspecified atom stereocenters. The largest absolute Gasteiger partial charge is 0.452 e. The average Bonchev–Trinajstić information content (AvgIpc) is 2.52. The summed E-state index contributed by atoms with van der Waals surface area (Å²) >= 11 is 5.99. The smallest absolute Gasteiger partial charge is 0.331 e. The van der Waals surface area contributed by atoms with Crippen LogP contribution < -0.4 is 0 Å². The molecule has 0 radical (unpaired) electrons. The molecule has 1 heterocycles. The van der Waals surface area contributed by atoms with Crippen molar-refractivity contribution in [3.8, 4) is 0 Å². The molecule has 1 aromatic carbocycles. The number of esters is 1. The first-order valence-corrected chi connectivity index (χ1v) is 7.81. The van der Waals surface area contributed by atoms with E-state index < -0.39 is 5.97 Å². The van der Waals surface area contributed by atoms with Gasteiger partial charge >= 0.3 is 5.97 Å². The summed E-state index contributed by atoms with van der Waals surface area (Å²) in [5, 5.41) is 0.560. The predicted octanol–water partition coefficient (Wildman–Crippen LogP) is 3.15. The molecule has 1 atom stereocenters. The second-order valence-corrected chi connectivity index (χ2v) is 5.96. The number of carbonyl (C=O) groups is 2. The molecular weight excluding hydrogens is 302 g/mol. The highest BCUT2D eigenvalue weighted by Crippen LogP contribution is 2.17. The molecule has 0 aromatic heterocycles. The van der Waals surface area contributed by atoms with Gasteiger partial charge < -0.3 is 9.64 Å². The van der Waals surface area contributed by atoms with E-state index in [1.54, 1.807) is 23.1 Å². The van der Waals surface area contributed by atoms with Gasteiger partial charge in [0.15, 0.2) is 6.61 Å². The second kappa shape index (κ2) is 7.99. The Balaban J connectivity index is 1.80. The minimum Gasteiger partial charge on any atom is -0.452 e. The Morgan fingerprint density at radius 1 is 1.41 bits per heavy atom. The fraction of sp³-hybridized carbons (Fsp3) is 0.412. The average molecular weight is 322 g/mol. The lowest BCUT2D eigenvalue weighted by Gasteiger charge is -2.30. The monoisotopic (exact) mass is 321 g/mol. The molecule has 1 aliphatic rings. The van der Waals surface area contributed by atoms with Crippen molar-refractivity contribution in [3.63, 3.8) is 0 Å². The van der Waals surface area contributed by atoms with E-state index in [1.807, 2.05) is 12.1 Å². The van der Waals surface area contributed by atoms with E-state index in [-0.39, 0.29) is 12.5 Å². The summed E-state index contributed by atoms with van der Waals surface area (Å²) in [7, 11) is 0. The molecule has 2 rings (SSSR count). The third-order valence-corrected chi connectivity index (χ3v) is 4.00. The van der Waals surface area contributed by atoms with Crippen molar-refractivity contribution in [2.24, 2.45) is 5.92 Å². The van der Waals surface area contributed by atoms with Gasteiger partial charge in [0, 0.05) is 24.2 Å². The third kappa shape index (κ3) is 4.88. The van der Waals surface area contributed by atoms with E-state index in [9.17, 15) is 9.59 Å². The molecule has 1 fully saturated rings. The van der Waals surface area contributed by atoms with E-state index >= 15 is 0 Å². The number of amides is 1. The van der Waals surface area contributed by atoms with Crippen molar-refractivity contribution >= 4 is 29.6 Å². The molecule has 0 N–H and O–H groups in total. The minimum atomic E-state index is -0.543. The van der Waals surface area contributed by atoms with E-state index in [0.29, 0.717) is 10.9 Å². The first-order chi connectivity index (χ1) is 10.6. The molecule has 118 valence electrons. The van der Waals surface area contributed by atoms with Crippen LogP contribution in [0, 0.1) is 5.92 Å². The minimum absolute atomic E-state index is 0.133. The fourth-order valence-electron chi connectivity index (χ4n) is 2.46. The lowest BCUT2D eigenvalue weighted by molar-refractivity contribution is -0.149. The third-order valence-electron chi connectivity index (χ3n) is 3.65. The number of carbonyl (C=O) groups excluding carboxylic acids is 2. The van der Waals surface area contributed by atoms with Gasteiger partial charge in [-0.15, -0.1) is 0 Å². The van der Waals surface area contributed by atoms with Crippen LogP contribution >= 0.6 is 11.6 Å². The number of halogens is 1. The molecule has 1 aromatic rings. The maximum atomic E-state index is 12.0. The Morgan fingerprint density at radius 3 is 2.91 bits per heavy atom. The summed E-state index contributed by atoms with van der Waals surface area (Å²) in [6, 6.07) is 7.19. The maximum absolute atomic E-state index is 12.0. The quantitative estimate of drug-likeness (QED) is 0.632. The Labute approximate surface area is 135 Å². The van der Waals surface area contributed by atoms with Crippen LogP contribution in [-0.4, -0.2) is 36.5 Å². The van der Waals surface area contributed by atoms with Crippen molar-refractivity contribution in [1.29, 1.82) is 0 Å². The molecule has 0 bridgehead atoms. The number of nitrogens with zero attached hydrogens (tertiary/aromatic N) is 1. The Bertz CT molecular complexity index is 571. The van der Waals surface area contributed by atoms with Crippen LogP contribution in [0.3, 0.4) is 0 Å². The van der Waals surface area contributed by atoms with Crippen LogP contribution in [0.2, 0.25) is 5.02 Å². The normalized spacial score (nSPS) is 18.5. The lowest BCUT2D eigenvalue weighted by atomic mass is 10.0. The van der Waals surface area contributed by atoms with Crippen molar-refractivity contribution in [3.05, 3.63) is 40.9 Å². The number of hydrogen-bond acceptors (Lipinski definition) is 3. The van der Waals surface area contributed by atoms with Crippen LogP contribution in [0.5, 0.6) is 0 Å². The predicted molar refractivity (Wildman–Crippen MR) is 86.4 cm³/mol. The SMILES string of the molecule is C[C@@H]1CCCN(C(=O)COC(=O)/C=C/c2ccccc2Cl)C1. The number of hydrogen-bond donors (Lipinski definition) is 0. The number of rotatable bonds is 4. The zero-order chi connectivity index (χ0) is 15.9. The van der Waals surface area contributed by atoms with Crippen LogP contribution in [0.25, 0.3) is 6.08 Å². The summed E-state index contributed by atoms with van der Waals surface area (Å²) < 4.78 is 4.99. The van der Waals surface area contributed by atoms with Crippen molar-refractivity contribution in [2.75, 3.05) is 19.7 Å². The highest BCUT2D eigenvalue weighted by atomic mass is 35.5. The van der Waals surface area contributed by atoms with Crippen molar-refractivity contribution < 1.29 is 14.3 Å². The molecule has 1 amide bonds. The van der Waals surface area contributed by atoms with Gasteiger partial charge in [-0.2, -0.15) is 0 Å². The van der Waals surface area contributed by atoms with Gasteiger partial charge in [-0.25, -0.2) is 4.79 Å². The Morgan fingerprint density at radius 2 is 2.18 bits per heavy atom. The zero-order valence-corrected chi connectivity index (χ0v) is 13.4. The molecule has 4 nitrogen and oxygen atoms in total. The van der Waals surface area contributed by atoms with E-state index in [1.165, 1.54) is 6.08 Å². The first-order valence-electron chi connectivity index (χ1n) is 7.43. The Hall–Kier alpha value is -1.81. The van der Waals surface area contributed by atoms with E-state index in [4.69, 9.17) is 16.3 Å². The summed E-state index contributed by atoms with van der Waals surface area (Å²) in [5.74, 6) is -0.169. The molecule has 0 saturated carbocycles. The van der Waals surface area contributed by atoms with Crippen LogP contribution in [0.1, 0.15) is 25.3 Å². The van der Waals surface area contributed by atoms with Crippen LogP contribution in [-0.2, 0) is 14.3 Å². The van der Waals surface area contributed by atoms with Gasteiger partial charge in [0.05, 0.1) is 0 Å². The number of ether oxygens (including phenoxy) is 1. The maximum Gasteiger partial charge on any atom is 0.331 e. The highest BCUT2D eigenvalue weighted by molar-refractivity contribution is 6.32. The van der Waals surface area contributed by atoms with Gasteiger partial charge in [0.2, 0.25) is 0 Å². The number of piperidine rings is 1. The van der Waals surface area contributed by atoms with Crippen LogP contribution in [0.4, 0.5) is 0 Å². The highest BCUT2D eigenvalue weighted by Gasteiger charge is 2.21. The second-order valence-electron chi connectivity index (χ2n) is 5.55. The number of benzene rings is 1. The van der Waals surface area contributed by atoms with Gasteiger partial charge in [-0.05, 0) is 36.5 Å². The Kier molecular flexibility index (Phi) is 6.01. The van der Waals surface area contributed by atoms with Crippen LogP contribution in [0.15, 0.2) is 30.3 Å². The molecule has 1 aliphatic heterocycles. The van der Waals surface area contributed by atoms with Gasteiger partial charge in [0.1, 0.15) is 0 Å². The molecule has 0 spiro atoms. The summed E-state index contributed by atoms with van der Waals surface area (Å²) in [6.07, 6.45) is 5.02. The molecule has 0 aliphatic carbocycles. The van der Waals surface area contributed by atoms with E-state index in [2.05, 4.69) is 6.92 Å². The van der Waals surface area contributed by atoms with E-state index in [0.717, 1.165) is 31.5 Å². The number of likely N-dealkylation sites (tertiary alicyclic amines) is 1. The van der Waals surface area contributed by atoms with Crippen molar-refractivity contribution in [1.82, 2.24) is 4.90 Å². The molecule has 5 heteroatoms. The molecule has 22 heavy (non-hydrogen) atoms. The van der Waals surface area contributed by atoms with Gasteiger partial charge in [-0.3, -0.25) is 4.79 Å². The molecule has 1 saturated heterocycles. The summed E-state index contributed by atoms with van der Waals surface area (Å²) in [6.45, 7) is 3.40. The van der Waals surface area contributed by atoms with Crippen molar-refractivity contribution in [2.45, 2.75) is 19.8 Å². The fourth-order valence-corrected chi connectivity index (χ4v) is 2.66.